The normalized spacial score (nSPS) is 10.7. The van der Waals surface area contributed by atoms with Gasteiger partial charge in [0, 0.05) is 12.2 Å². The van der Waals surface area contributed by atoms with Gasteiger partial charge in [-0.25, -0.2) is 0 Å². The molecule has 0 aliphatic heterocycles. The topological polar surface area (TPSA) is 58.2 Å². The Morgan fingerprint density at radius 3 is 1.96 bits per heavy atom. The van der Waals surface area contributed by atoms with E-state index in [1.54, 1.807) is 0 Å². The molecule has 0 aliphatic rings. The Kier molecular flexibility index (Phi) is 10.6. The van der Waals surface area contributed by atoms with Crippen molar-refractivity contribution in [1.82, 2.24) is 5.32 Å². The van der Waals surface area contributed by atoms with Gasteiger partial charge >= 0.3 is 11.8 Å². The van der Waals surface area contributed by atoms with Crippen LogP contribution in [0.1, 0.15) is 83.6 Å². The lowest BCUT2D eigenvalue weighted by Gasteiger charge is -2.09. The summed E-state index contributed by atoms with van der Waals surface area (Å²) in [5.74, 6) is -0.715. The molecule has 0 saturated heterocycles. The standard InChI is InChI=1S/C21H34N2O2/c1-4-5-6-7-8-9-10-11-16-22-20(24)21(25)23-19-14-12-18(13-15-19)17(2)3/h12-15,17H,4-11,16H2,1-3H3,(H,22,24)(H,23,25). The van der Waals surface area contributed by atoms with Crippen molar-refractivity contribution >= 4 is 17.5 Å². The van der Waals surface area contributed by atoms with Crippen molar-refractivity contribution in [2.45, 2.75) is 78.1 Å². The predicted octanol–water partition coefficient (Wildman–Crippen LogP) is 5.01. The molecule has 0 saturated carbocycles. The molecule has 0 aliphatic carbocycles. The fraction of sp³-hybridized carbons (Fsp3) is 0.619. The Bertz CT molecular complexity index is 509. The van der Waals surface area contributed by atoms with Gasteiger partial charge in [-0.2, -0.15) is 0 Å². The predicted molar refractivity (Wildman–Crippen MR) is 105 cm³/mol. The number of amides is 2. The largest absolute Gasteiger partial charge is 0.348 e. The van der Waals surface area contributed by atoms with Crippen LogP contribution in [-0.2, 0) is 9.59 Å². The first-order chi connectivity index (χ1) is 12.0. The summed E-state index contributed by atoms with van der Waals surface area (Å²) >= 11 is 0. The van der Waals surface area contributed by atoms with Gasteiger partial charge in [-0.05, 0) is 30.0 Å². The molecule has 0 aromatic heterocycles. The van der Waals surface area contributed by atoms with Gasteiger partial charge in [0.15, 0.2) is 0 Å². The van der Waals surface area contributed by atoms with E-state index in [0.717, 1.165) is 12.8 Å². The first-order valence-electron chi connectivity index (χ1n) is 9.73. The van der Waals surface area contributed by atoms with Gasteiger partial charge in [0.25, 0.3) is 0 Å². The average Bonchev–Trinajstić information content (AvgIpc) is 2.60. The number of carbonyl (C=O) groups excluding carboxylic acids is 2. The van der Waals surface area contributed by atoms with Crippen LogP contribution in [0.15, 0.2) is 24.3 Å². The van der Waals surface area contributed by atoms with E-state index in [1.807, 2.05) is 24.3 Å². The van der Waals surface area contributed by atoms with Crippen LogP contribution < -0.4 is 10.6 Å². The molecule has 2 N–H and O–H groups in total. The Labute approximate surface area is 152 Å². The number of hydrogen-bond donors (Lipinski definition) is 2. The van der Waals surface area contributed by atoms with Gasteiger partial charge < -0.3 is 10.6 Å². The smallest absolute Gasteiger partial charge is 0.313 e. The fourth-order valence-electron chi connectivity index (χ4n) is 2.68. The van der Waals surface area contributed by atoms with E-state index in [1.165, 1.54) is 44.1 Å². The lowest BCUT2D eigenvalue weighted by Crippen LogP contribution is -2.35. The molecule has 140 valence electrons. The van der Waals surface area contributed by atoms with Crippen LogP contribution >= 0.6 is 0 Å². The minimum absolute atomic E-state index is 0.444. The number of hydrogen-bond acceptors (Lipinski definition) is 2. The Morgan fingerprint density at radius 1 is 0.840 bits per heavy atom. The highest BCUT2D eigenvalue weighted by molar-refractivity contribution is 6.39. The Morgan fingerprint density at radius 2 is 1.40 bits per heavy atom. The van der Waals surface area contributed by atoms with E-state index in [0.29, 0.717) is 18.2 Å². The molecular weight excluding hydrogens is 312 g/mol. The van der Waals surface area contributed by atoms with Crippen LogP contribution in [0.5, 0.6) is 0 Å². The van der Waals surface area contributed by atoms with Crippen LogP contribution in [0.25, 0.3) is 0 Å². The first kappa shape index (κ1) is 21.2. The molecule has 0 bridgehead atoms. The summed E-state index contributed by atoms with van der Waals surface area (Å²) in [5, 5.41) is 5.33. The van der Waals surface area contributed by atoms with E-state index in [2.05, 4.69) is 31.4 Å². The maximum absolute atomic E-state index is 11.9. The van der Waals surface area contributed by atoms with E-state index >= 15 is 0 Å². The minimum Gasteiger partial charge on any atom is -0.348 e. The molecule has 0 heterocycles. The number of rotatable bonds is 11. The lowest BCUT2D eigenvalue weighted by atomic mass is 10.0. The Balaban J connectivity index is 2.14. The summed E-state index contributed by atoms with van der Waals surface area (Å²) in [6.45, 7) is 7.02. The van der Waals surface area contributed by atoms with Crippen molar-refractivity contribution in [3.05, 3.63) is 29.8 Å². The summed E-state index contributed by atoms with van der Waals surface area (Å²) in [6.07, 6.45) is 9.72. The molecule has 1 rings (SSSR count). The summed E-state index contributed by atoms with van der Waals surface area (Å²) in [4.78, 5) is 23.7. The van der Waals surface area contributed by atoms with Crippen LogP contribution in [-0.4, -0.2) is 18.4 Å². The number of carbonyl (C=O) groups is 2. The van der Waals surface area contributed by atoms with Gasteiger partial charge in [0.2, 0.25) is 0 Å². The van der Waals surface area contributed by atoms with Crippen molar-refractivity contribution < 1.29 is 9.59 Å². The van der Waals surface area contributed by atoms with Crippen LogP contribution in [0.3, 0.4) is 0 Å². The maximum atomic E-state index is 11.9. The van der Waals surface area contributed by atoms with E-state index in [4.69, 9.17) is 0 Å². The van der Waals surface area contributed by atoms with Crippen LogP contribution in [0.2, 0.25) is 0 Å². The third kappa shape index (κ3) is 9.28. The summed E-state index contributed by atoms with van der Waals surface area (Å²) in [7, 11) is 0. The molecule has 4 heteroatoms. The van der Waals surface area contributed by atoms with E-state index in [-0.39, 0.29) is 0 Å². The van der Waals surface area contributed by atoms with Crippen molar-refractivity contribution in [3.63, 3.8) is 0 Å². The first-order valence-corrected chi connectivity index (χ1v) is 9.73. The Hall–Kier alpha value is -1.84. The average molecular weight is 347 g/mol. The molecule has 0 atom stereocenters. The van der Waals surface area contributed by atoms with Crippen molar-refractivity contribution in [2.24, 2.45) is 0 Å². The zero-order valence-electron chi connectivity index (χ0n) is 16.1. The van der Waals surface area contributed by atoms with Crippen molar-refractivity contribution in [1.29, 1.82) is 0 Å². The number of unbranched alkanes of at least 4 members (excludes halogenated alkanes) is 7. The highest BCUT2D eigenvalue weighted by atomic mass is 16.2. The highest BCUT2D eigenvalue weighted by Crippen LogP contribution is 2.17. The third-order valence-electron chi connectivity index (χ3n) is 4.36. The minimum atomic E-state index is -0.600. The molecule has 0 fully saturated rings. The van der Waals surface area contributed by atoms with Gasteiger partial charge in [-0.1, -0.05) is 77.8 Å². The summed E-state index contributed by atoms with van der Waals surface area (Å²) in [5.41, 5.74) is 1.86. The molecule has 1 aromatic carbocycles. The van der Waals surface area contributed by atoms with Crippen LogP contribution in [0.4, 0.5) is 5.69 Å². The monoisotopic (exact) mass is 346 g/mol. The van der Waals surface area contributed by atoms with Gasteiger partial charge in [0.1, 0.15) is 0 Å². The lowest BCUT2D eigenvalue weighted by molar-refractivity contribution is -0.136. The number of benzene rings is 1. The zero-order chi connectivity index (χ0) is 18.5. The summed E-state index contributed by atoms with van der Waals surface area (Å²) < 4.78 is 0. The fourth-order valence-corrected chi connectivity index (χ4v) is 2.68. The second kappa shape index (κ2) is 12.5. The molecule has 2 amide bonds. The van der Waals surface area contributed by atoms with E-state index in [9.17, 15) is 9.59 Å². The number of nitrogens with one attached hydrogen (secondary N) is 2. The van der Waals surface area contributed by atoms with Gasteiger partial charge in [-0.3, -0.25) is 9.59 Å². The summed E-state index contributed by atoms with van der Waals surface area (Å²) in [6, 6.07) is 7.61. The highest BCUT2D eigenvalue weighted by Gasteiger charge is 2.12. The molecule has 4 nitrogen and oxygen atoms in total. The third-order valence-corrected chi connectivity index (χ3v) is 4.36. The molecule has 0 radical (unpaired) electrons. The van der Waals surface area contributed by atoms with E-state index < -0.39 is 11.8 Å². The molecule has 1 aromatic rings. The molecule has 0 unspecified atom stereocenters. The molecule has 25 heavy (non-hydrogen) atoms. The second-order valence-electron chi connectivity index (χ2n) is 6.96. The van der Waals surface area contributed by atoms with Crippen LogP contribution in [0, 0.1) is 0 Å². The molecular formula is C21H34N2O2. The second-order valence-corrected chi connectivity index (χ2v) is 6.96. The maximum Gasteiger partial charge on any atom is 0.313 e. The SMILES string of the molecule is CCCCCCCCCCNC(=O)C(=O)Nc1ccc(C(C)C)cc1. The van der Waals surface area contributed by atoms with Gasteiger partial charge in [0.05, 0.1) is 0 Å². The van der Waals surface area contributed by atoms with Crippen molar-refractivity contribution in [2.75, 3.05) is 11.9 Å². The quantitative estimate of drug-likeness (QED) is 0.437. The molecule has 0 spiro atoms. The van der Waals surface area contributed by atoms with Crippen molar-refractivity contribution in [3.8, 4) is 0 Å². The number of anilines is 1. The zero-order valence-corrected chi connectivity index (χ0v) is 16.1. The van der Waals surface area contributed by atoms with Gasteiger partial charge in [-0.15, -0.1) is 0 Å².